The van der Waals surface area contributed by atoms with Crippen LogP contribution in [-0.2, 0) is 4.79 Å². The summed E-state index contributed by atoms with van der Waals surface area (Å²) >= 11 is 0. The van der Waals surface area contributed by atoms with Crippen molar-refractivity contribution in [1.82, 2.24) is 15.5 Å². The summed E-state index contributed by atoms with van der Waals surface area (Å²) in [5.74, 6) is 0.194. The zero-order chi connectivity index (χ0) is 11.5. The largest absolute Gasteiger partial charge is 0.355 e. The van der Waals surface area contributed by atoms with Crippen LogP contribution in [0.25, 0.3) is 0 Å². The molecule has 2 heterocycles. The number of nitrogens with zero attached hydrogens (tertiary/aromatic N) is 1. The van der Waals surface area contributed by atoms with Crippen LogP contribution in [0.3, 0.4) is 0 Å². The number of hydrogen-bond donors (Lipinski definition) is 2. The molecule has 0 bridgehead atoms. The summed E-state index contributed by atoms with van der Waals surface area (Å²) in [6.07, 6.45) is 4.40. The van der Waals surface area contributed by atoms with Crippen LogP contribution < -0.4 is 10.6 Å². The van der Waals surface area contributed by atoms with Gasteiger partial charge in [-0.25, -0.2) is 0 Å². The lowest BCUT2D eigenvalue weighted by molar-refractivity contribution is -0.123. The number of carbonyl (C=O) groups is 1. The molecule has 0 aromatic rings. The van der Waals surface area contributed by atoms with Gasteiger partial charge in [-0.15, -0.1) is 0 Å². The van der Waals surface area contributed by atoms with E-state index in [1.807, 2.05) is 0 Å². The first-order chi connectivity index (χ1) is 7.66. The molecule has 2 saturated heterocycles. The van der Waals surface area contributed by atoms with Gasteiger partial charge in [-0.2, -0.15) is 0 Å². The van der Waals surface area contributed by atoms with E-state index < -0.39 is 0 Å². The summed E-state index contributed by atoms with van der Waals surface area (Å²) in [7, 11) is 2.15. The molecule has 4 nitrogen and oxygen atoms in total. The molecule has 0 aliphatic carbocycles. The fourth-order valence-electron chi connectivity index (χ4n) is 2.70. The summed E-state index contributed by atoms with van der Waals surface area (Å²) in [5.41, 5.74) is 0. The van der Waals surface area contributed by atoms with Gasteiger partial charge in [-0.05, 0) is 39.7 Å². The SMILES string of the molecule is CC1CC(NC2CCCCNC2=O)CN1C. The van der Waals surface area contributed by atoms with Gasteiger partial charge < -0.3 is 15.5 Å². The number of amides is 1. The molecule has 92 valence electrons. The predicted octanol–water partition coefficient (Wildman–Crippen LogP) is 0.337. The van der Waals surface area contributed by atoms with Crippen molar-refractivity contribution in [2.24, 2.45) is 0 Å². The maximum atomic E-state index is 11.8. The third-order valence-electron chi connectivity index (χ3n) is 3.86. The van der Waals surface area contributed by atoms with E-state index in [1.165, 1.54) is 0 Å². The zero-order valence-corrected chi connectivity index (χ0v) is 10.3. The van der Waals surface area contributed by atoms with E-state index >= 15 is 0 Å². The standard InChI is InChI=1S/C12H23N3O/c1-9-7-10(8-15(9)2)14-11-5-3-4-6-13-12(11)16/h9-11,14H,3-8H2,1-2H3,(H,13,16). The monoisotopic (exact) mass is 225 g/mol. The van der Waals surface area contributed by atoms with Crippen molar-refractivity contribution in [1.29, 1.82) is 0 Å². The summed E-state index contributed by atoms with van der Waals surface area (Å²) in [6, 6.07) is 1.14. The molecule has 1 amide bonds. The van der Waals surface area contributed by atoms with E-state index in [2.05, 4.69) is 29.5 Å². The molecule has 0 radical (unpaired) electrons. The average molecular weight is 225 g/mol. The fraction of sp³-hybridized carbons (Fsp3) is 0.917. The van der Waals surface area contributed by atoms with Crippen LogP contribution in [0, 0.1) is 0 Å². The molecule has 2 aliphatic rings. The molecule has 0 saturated carbocycles. The molecule has 0 aromatic carbocycles. The van der Waals surface area contributed by atoms with Crippen molar-refractivity contribution in [2.45, 2.75) is 50.7 Å². The second-order valence-corrected chi connectivity index (χ2v) is 5.23. The number of nitrogens with one attached hydrogen (secondary N) is 2. The molecule has 3 atom stereocenters. The molecule has 2 fully saturated rings. The highest BCUT2D eigenvalue weighted by Crippen LogP contribution is 2.16. The highest BCUT2D eigenvalue weighted by molar-refractivity contribution is 5.81. The molecule has 2 aliphatic heterocycles. The lowest BCUT2D eigenvalue weighted by atomic mass is 10.1. The Morgan fingerprint density at radius 2 is 2.25 bits per heavy atom. The third kappa shape index (κ3) is 2.74. The number of rotatable bonds is 2. The van der Waals surface area contributed by atoms with Crippen LogP contribution in [0.1, 0.15) is 32.6 Å². The van der Waals surface area contributed by atoms with Gasteiger partial charge in [-0.3, -0.25) is 4.79 Å². The maximum absolute atomic E-state index is 11.8. The fourth-order valence-corrected chi connectivity index (χ4v) is 2.70. The molecule has 4 heteroatoms. The van der Waals surface area contributed by atoms with Crippen LogP contribution in [0.4, 0.5) is 0 Å². The molecule has 3 unspecified atom stereocenters. The minimum atomic E-state index is 0.0335. The number of carbonyl (C=O) groups excluding carboxylic acids is 1. The molecular formula is C12H23N3O. The molecule has 16 heavy (non-hydrogen) atoms. The zero-order valence-electron chi connectivity index (χ0n) is 10.3. The first kappa shape index (κ1) is 11.9. The Morgan fingerprint density at radius 3 is 2.94 bits per heavy atom. The quantitative estimate of drug-likeness (QED) is 0.712. The van der Waals surface area contributed by atoms with Crippen LogP contribution in [0.15, 0.2) is 0 Å². The topological polar surface area (TPSA) is 44.4 Å². The highest BCUT2D eigenvalue weighted by atomic mass is 16.2. The molecular weight excluding hydrogens is 202 g/mol. The number of likely N-dealkylation sites (tertiary alicyclic amines) is 1. The minimum Gasteiger partial charge on any atom is -0.355 e. The van der Waals surface area contributed by atoms with Gasteiger partial charge in [0.1, 0.15) is 0 Å². The maximum Gasteiger partial charge on any atom is 0.237 e. The van der Waals surface area contributed by atoms with E-state index in [9.17, 15) is 4.79 Å². The lowest BCUT2D eigenvalue weighted by Crippen LogP contribution is -2.48. The van der Waals surface area contributed by atoms with Crippen molar-refractivity contribution in [3.8, 4) is 0 Å². The molecule has 0 spiro atoms. The lowest BCUT2D eigenvalue weighted by Gasteiger charge is -2.20. The Hall–Kier alpha value is -0.610. The van der Waals surface area contributed by atoms with Gasteiger partial charge in [0.05, 0.1) is 6.04 Å². The van der Waals surface area contributed by atoms with Gasteiger partial charge in [0.25, 0.3) is 0 Å². The van der Waals surface area contributed by atoms with Crippen molar-refractivity contribution in [3.63, 3.8) is 0 Å². The van der Waals surface area contributed by atoms with Gasteiger partial charge in [0.2, 0.25) is 5.91 Å². The second kappa shape index (κ2) is 5.15. The second-order valence-electron chi connectivity index (χ2n) is 5.23. The predicted molar refractivity (Wildman–Crippen MR) is 64.3 cm³/mol. The van der Waals surface area contributed by atoms with E-state index in [1.54, 1.807) is 0 Å². The Bertz CT molecular complexity index is 247. The number of hydrogen-bond acceptors (Lipinski definition) is 3. The van der Waals surface area contributed by atoms with Gasteiger partial charge in [0, 0.05) is 25.2 Å². The van der Waals surface area contributed by atoms with E-state index in [4.69, 9.17) is 0 Å². The van der Waals surface area contributed by atoms with Crippen LogP contribution in [-0.4, -0.2) is 49.1 Å². The average Bonchev–Trinajstić information content (AvgIpc) is 2.44. The third-order valence-corrected chi connectivity index (χ3v) is 3.86. The van der Waals surface area contributed by atoms with Crippen LogP contribution in [0.5, 0.6) is 0 Å². The van der Waals surface area contributed by atoms with Gasteiger partial charge >= 0.3 is 0 Å². The van der Waals surface area contributed by atoms with Crippen molar-refractivity contribution in [3.05, 3.63) is 0 Å². The molecule has 2 rings (SSSR count). The first-order valence-corrected chi connectivity index (χ1v) is 6.41. The molecule has 0 aromatic heterocycles. The van der Waals surface area contributed by atoms with Crippen LogP contribution >= 0.6 is 0 Å². The summed E-state index contributed by atoms with van der Waals surface area (Å²) in [4.78, 5) is 14.1. The highest BCUT2D eigenvalue weighted by Gasteiger charge is 2.30. The Balaban J connectivity index is 1.86. The Morgan fingerprint density at radius 1 is 1.44 bits per heavy atom. The van der Waals surface area contributed by atoms with Crippen molar-refractivity contribution >= 4 is 5.91 Å². The number of likely N-dealkylation sites (N-methyl/N-ethyl adjacent to an activating group) is 1. The van der Waals surface area contributed by atoms with Gasteiger partial charge in [0.15, 0.2) is 0 Å². The van der Waals surface area contributed by atoms with Gasteiger partial charge in [-0.1, -0.05) is 0 Å². The van der Waals surface area contributed by atoms with E-state index in [0.717, 1.165) is 38.8 Å². The summed E-state index contributed by atoms with van der Waals surface area (Å²) < 4.78 is 0. The Kier molecular flexibility index (Phi) is 3.82. The normalized spacial score (nSPS) is 37.1. The van der Waals surface area contributed by atoms with Crippen LogP contribution in [0.2, 0.25) is 0 Å². The minimum absolute atomic E-state index is 0.0335. The first-order valence-electron chi connectivity index (χ1n) is 6.41. The van der Waals surface area contributed by atoms with E-state index in [0.29, 0.717) is 12.1 Å². The van der Waals surface area contributed by atoms with Crippen molar-refractivity contribution in [2.75, 3.05) is 20.1 Å². The molecule has 2 N–H and O–H groups in total. The Labute approximate surface area is 97.8 Å². The smallest absolute Gasteiger partial charge is 0.237 e. The summed E-state index contributed by atoms with van der Waals surface area (Å²) in [5, 5.41) is 6.49. The summed E-state index contributed by atoms with van der Waals surface area (Å²) in [6.45, 7) is 4.15. The van der Waals surface area contributed by atoms with Crippen molar-refractivity contribution < 1.29 is 4.79 Å². The van der Waals surface area contributed by atoms with E-state index in [-0.39, 0.29) is 11.9 Å².